The lowest BCUT2D eigenvalue weighted by Crippen LogP contribution is -2.37. The summed E-state index contributed by atoms with van der Waals surface area (Å²) in [5, 5.41) is 6.16. The SMILES string of the molecule is Cn1c(=O)c2cn3c(c2n(C)c1=O)C(c1cccs1)Nc1ccccc1-3. The normalized spacial score (nSPS) is 15.5. The first-order valence-electron chi connectivity index (χ1n) is 8.28. The van der Waals surface area contributed by atoms with Gasteiger partial charge in [0.25, 0.3) is 5.56 Å². The summed E-state index contributed by atoms with van der Waals surface area (Å²) in [5.41, 5.74) is 2.98. The molecule has 0 saturated carbocycles. The minimum Gasteiger partial charge on any atom is -0.370 e. The Morgan fingerprint density at radius 3 is 2.62 bits per heavy atom. The third-order valence-corrected chi connectivity index (χ3v) is 5.96. The van der Waals surface area contributed by atoms with E-state index in [1.54, 1.807) is 23.0 Å². The Hall–Kier alpha value is -3.06. The van der Waals surface area contributed by atoms with Gasteiger partial charge < -0.3 is 9.88 Å². The largest absolute Gasteiger partial charge is 0.370 e. The summed E-state index contributed by atoms with van der Waals surface area (Å²) in [4.78, 5) is 26.4. The smallest absolute Gasteiger partial charge is 0.331 e. The lowest BCUT2D eigenvalue weighted by atomic mass is 10.1. The number of benzene rings is 1. The Morgan fingerprint density at radius 2 is 1.85 bits per heavy atom. The molecule has 1 aliphatic rings. The number of nitrogens with one attached hydrogen (secondary N) is 1. The third kappa shape index (κ3) is 1.86. The Kier molecular flexibility index (Phi) is 3.05. The van der Waals surface area contributed by atoms with E-state index in [1.165, 1.54) is 7.05 Å². The van der Waals surface area contributed by atoms with Gasteiger partial charge in [-0.05, 0) is 23.6 Å². The monoisotopic (exact) mass is 364 g/mol. The topological polar surface area (TPSA) is 61.0 Å². The van der Waals surface area contributed by atoms with Crippen molar-refractivity contribution in [3.05, 3.63) is 79.4 Å². The number of nitrogens with zero attached hydrogens (tertiary/aromatic N) is 3. The number of aromatic nitrogens is 3. The zero-order valence-electron chi connectivity index (χ0n) is 14.3. The minimum absolute atomic E-state index is 0.125. The lowest BCUT2D eigenvalue weighted by molar-refractivity contribution is 0.709. The van der Waals surface area contributed by atoms with E-state index in [0.29, 0.717) is 10.9 Å². The van der Waals surface area contributed by atoms with Gasteiger partial charge in [-0.3, -0.25) is 13.9 Å². The molecule has 1 unspecified atom stereocenters. The Bertz CT molecular complexity index is 1280. The van der Waals surface area contributed by atoms with Gasteiger partial charge in [0, 0.05) is 25.2 Å². The van der Waals surface area contributed by atoms with Crippen molar-refractivity contribution in [2.24, 2.45) is 14.1 Å². The van der Waals surface area contributed by atoms with Crippen LogP contribution in [0.25, 0.3) is 16.6 Å². The molecule has 0 spiro atoms. The van der Waals surface area contributed by atoms with Crippen molar-refractivity contribution in [1.29, 1.82) is 0 Å². The van der Waals surface area contributed by atoms with Crippen LogP contribution in [0.3, 0.4) is 0 Å². The average Bonchev–Trinajstić information content (AvgIpc) is 3.32. The van der Waals surface area contributed by atoms with Crippen molar-refractivity contribution in [3.63, 3.8) is 0 Å². The fourth-order valence-corrected chi connectivity index (χ4v) is 4.55. The van der Waals surface area contributed by atoms with Crippen molar-refractivity contribution in [2.45, 2.75) is 6.04 Å². The maximum absolute atomic E-state index is 12.7. The highest BCUT2D eigenvalue weighted by Crippen LogP contribution is 2.41. The van der Waals surface area contributed by atoms with Crippen LogP contribution in [0.2, 0.25) is 0 Å². The standard InChI is InChI=1S/C19H16N4O2S/c1-21-16-11(18(24)22(2)19(21)25)10-23-13-7-4-3-6-12(13)20-15(17(16)23)14-8-5-9-26-14/h3-10,15,20H,1-2H3. The molecule has 0 fully saturated rings. The fraction of sp³-hybridized carbons (Fsp3) is 0.158. The first-order chi connectivity index (χ1) is 12.6. The molecule has 1 aromatic carbocycles. The summed E-state index contributed by atoms with van der Waals surface area (Å²) in [6, 6.07) is 11.9. The van der Waals surface area contributed by atoms with Crippen LogP contribution < -0.4 is 16.6 Å². The number of anilines is 1. The second kappa shape index (κ2) is 5.22. The zero-order chi connectivity index (χ0) is 18.0. The molecule has 7 heteroatoms. The molecular formula is C19H16N4O2S. The molecule has 1 aliphatic heterocycles. The molecule has 4 heterocycles. The maximum Gasteiger partial charge on any atom is 0.331 e. The van der Waals surface area contributed by atoms with Crippen molar-refractivity contribution < 1.29 is 0 Å². The van der Waals surface area contributed by atoms with E-state index in [9.17, 15) is 9.59 Å². The predicted molar refractivity (Wildman–Crippen MR) is 104 cm³/mol. The summed E-state index contributed by atoms with van der Waals surface area (Å²) in [7, 11) is 3.24. The highest BCUT2D eigenvalue weighted by molar-refractivity contribution is 7.10. The van der Waals surface area contributed by atoms with Crippen molar-refractivity contribution in [2.75, 3.05) is 5.32 Å². The molecule has 3 aromatic heterocycles. The van der Waals surface area contributed by atoms with Gasteiger partial charge in [-0.25, -0.2) is 4.79 Å². The molecule has 26 heavy (non-hydrogen) atoms. The number of thiophene rings is 1. The number of para-hydroxylation sites is 2. The fourth-order valence-electron chi connectivity index (χ4n) is 3.78. The Balaban J connectivity index is 1.98. The summed E-state index contributed by atoms with van der Waals surface area (Å²) >= 11 is 1.65. The Labute approximate surface area is 152 Å². The molecular weight excluding hydrogens is 348 g/mol. The number of aryl methyl sites for hydroxylation is 1. The minimum atomic E-state index is -0.319. The molecule has 0 amide bonds. The maximum atomic E-state index is 12.7. The van der Waals surface area contributed by atoms with E-state index < -0.39 is 0 Å². The highest BCUT2D eigenvalue weighted by Gasteiger charge is 2.31. The molecule has 4 aromatic rings. The number of fused-ring (bicyclic) bond motifs is 5. The summed E-state index contributed by atoms with van der Waals surface area (Å²) < 4.78 is 4.77. The van der Waals surface area contributed by atoms with Crippen LogP contribution in [-0.2, 0) is 14.1 Å². The van der Waals surface area contributed by atoms with Crippen LogP contribution in [0.1, 0.15) is 16.6 Å². The highest BCUT2D eigenvalue weighted by atomic mass is 32.1. The van der Waals surface area contributed by atoms with E-state index in [0.717, 1.165) is 26.5 Å². The lowest BCUT2D eigenvalue weighted by Gasteiger charge is -2.29. The van der Waals surface area contributed by atoms with Crippen LogP contribution >= 0.6 is 11.3 Å². The van der Waals surface area contributed by atoms with Gasteiger partial charge >= 0.3 is 5.69 Å². The molecule has 130 valence electrons. The average molecular weight is 364 g/mol. The van der Waals surface area contributed by atoms with Gasteiger partial charge in [0.15, 0.2) is 0 Å². The molecule has 5 rings (SSSR count). The summed E-state index contributed by atoms with van der Waals surface area (Å²) in [5.74, 6) is 0. The van der Waals surface area contributed by atoms with Gasteiger partial charge in [-0.1, -0.05) is 18.2 Å². The van der Waals surface area contributed by atoms with Gasteiger partial charge in [-0.15, -0.1) is 11.3 Å². The van der Waals surface area contributed by atoms with Crippen LogP contribution in [0.15, 0.2) is 57.6 Å². The molecule has 0 bridgehead atoms. The second-order valence-corrected chi connectivity index (χ2v) is 7.44. The van der Waals surface area contributed by atoms with Crippen molar-refractivity contribution in [3.8, 4) is 5.69 Å². The van der Waals surface area contributed by atoms with Crippen LogP contribution in [0.4, 0.5) is 5.69 Å². The van der Waals surface area contributed by atoms with E-state index in [1.807, 2.05) is 46.5 Å². The first kappa shape index (κ1) is 15.2. The predicted octanol–water partition coefficient (Wildman–Crippen LogP) is 2.60. The van der Waals surface area contributed by atoms with E-state index in [-0.39, 0.29) is 17.3 Å². The van der Waals surface area contributed by atoms with E-state index in [2.05, 4.69) is 11.4 Å². The zero-order valence-corrected chi connectivity index (χ0v) is 15.1. The molecule has 1 N–H and O–H groups in total. The van der Waals surface area contributed by atoms with Crippen molar-refractivity contribution >= 4 is 27.9 Å². The Morgan fingerprint density at radius 1 is 1.04 bits per heavy atom. The molecule has 0 radical (unpaired) electrons. The number of hydrogen-bond acceptors (Lipinski definition) is 4. The van der Waals surface area contributed by atoms with Crippen LogP contribution in [0.5, 0.6) is 0 Å². The number of hydrogen-bond donors (Lipinski definition) is 1. The van der Waals surface area contributed by atoms with E-state index in [4.69, 9.17) is 0 Å². The summed E-state index contributed by atoms with van der Waals surface area (Å²) in [6.45, 7) is 0. The molecule has 1 atom stereocenters. The van der Waals surface area contributed by atoms with Gasteiger partial charge in [0.1, 0.15) is 6.04 Å². The quantitative estimate of drug-likeness (QED) is 0.565. The van der Waals surface area contributed by atoms with Gasteiger partial charge in [0.05, 0.1) is 28.0 Å². The van der Waals surface area contributed by atoms with Gasteiger partial charge in [0.2, 0.25) is 0 Å². The molecule has 6 nitrogen and oxygen atoms in total. The molecule has 0 aliphatic carbocycles. The second-order valence-electron chi connectivity index (χ2n) is 6.46. The van der Waals surface area contributed by atoms with Crippen LogP contribution in [-0.4, -0.2) is 13.7 Å². The third-order valence-electron chi connectivity index (χ3n) is 5.02. The van der Waals surface area contributed by atoms with Crippen LogP contribution in [0, 0.1) is 0 Å². The van der Waals surface area contributed by atoms with Crippen molar-refractivity contribution in [1.82, 2.24) is 13.7 Å². The first-order valence-corrected chi connectivity index (χ1v) is 9.16. The van der Waals surface area contributed by atoms with E-state index >= 15 is 0 Å². The summed E-state index contributed by atoms with van der Waals surface area (Å²) in [6.07, 6.45) is 1.85. The molecule has 0 saturated heterocycles. The van der Waals surface area contributed by atoms with Gasteiger partial charge in [-0.2, -0.15) is 0 Å². The number of rotatable bonds is 1.